The molecule has 29 heavy (non-hydrogen) atoms. The molecule has 0 spiro atoms. The van der Waals surface area contributed by atoms with Gasteiger partial charge in [-0.1, -0.05) is 19.4 Å². The molecule has 1 amide bonds. The lowest BCUT2D eigenvalue weighted by atomic mass is 10.1. The van der Waals surface area contributed by atoms with Crippen LogP contribution in [0.2, 0.25) is 0 Å². The van der Waals surface area contributed by atoms with Crippen molar-refractivity contribution in [3.05, 3.63) is 35.0 Å². The fourth-order valence-electron chi connectivity index (χ4n) is 2.62. The third-order valence-corrected chi connectivity index (χ3v) is 4.51. The first-order valence-electron chi connectivity index (χ1n) is 8.94. The molecule has 0 saturated carbocycles. The van der Waals surface area contributed by atoms with Gasteiger partial charge in [0.2, 0.25) is 0 Å². The van der Waals surface area contributed by atoms with Crippen LogP contribution in [0.4, 0.5) is 17.6 Å². The zero-order valence-corrected chi connectivity index (χ0v) is 16.8. The van der Waals surface area contributed by atoms with Gasteiger partial charge in [0.05, 0.1) is 13.7 Å². The maximum absolute atomic E-state index is 13.0. The Morgan fingerprint density at radius 1 is 1.34 bits per heavy atom. The van der Waals surface area contributed by atoms with E-state index in [2.05, 4.69) is 5.32 Å². The maximum atomic E-state index is 13.0. The number of unbranched alkanes of at least 4 members (excludes halogenated alkanes) is 1. The molecule has 1 saturated heterocycles. The summed E-state index contributed by atoms with van der Waals surface area (Å²) in [5.74, 6) is -4.14. The van der Waals surface area contributed by atoms with Gasteiger partial charge in [-0.15, -0.1) is 0 Å². The number of hydrogen-bond acceptors (Lipinski definition) is 4. The Bertz CT molecular complexity index is 787. The number of thiocarbonyl (C=S) groups is 1. The fraction of sp³-hybridized carbons (Fsp3) is 0.474. The van der Waals surface area contributed by atoms with Crippen molar-refractivity contribution in [3.8, 4) is 5.75 Å². The number of methoxy groups -OCH3 is 1. The van der Waals surface area contributed by atoms with Gasteiger partial charge in [-0.05, 0) is 42.4 Å². The number of hydrogen-bond donors (Lipinski definition) is 1. The molecule has 1 fully saturated rings. The Morgan fingerprint density at radius 3 is 2.69 bits per heavy atom. The van der Waals surface area contributed by atoms with Gasteiger partial charge in [-0.3, -0.25) is 9.69 Å². The van der Waals surface area contributed by atoms with Crippen molar-refractivity contribution in [1.82, 2.24) is 10.2 Å². The minimum atomic E-state index is -4.23. The summed E-state index contributed by atoms with van der Waals surface area (Å²) < 4.78 is 60.4. The predicted octanol–water partition coefficient (Wildman–Crippen LogP) is 3.97. The summed E-state index contributed by atoms with van der Waals surface area (Å²) in [6.45, 7) is 0.745. The average molecular weight is 434 g/mol. The number of alkyl halides is 4. The first-order valence-corrected chi connectivity index (χ1v) is 9.35. The molecule has 0 atom stereocenters. The number of carbonyl (C=O) groups is 1. The standard InChI is InChI=1S/C19H22F4N2O3S/c1-3-4-7-25-16(26)14(24-18(25)29)9-12-5-6-15(27-2)13(8-12)10-28-11-19(22,23)17(20)21/h5-6,8-9,17H,3-4,7,10-11H2,1-2H3,(H,24,29)/b14-9+. The Morgan fingerprint density at radius 2 is 2.07 bits per heavy atom. The van der Waals surface area contributed by atoms with E-state index >= 15 is 0 Å². The fourth-order valence-corrected chi connectivity index (χ4v) is 2.90. The van der Waals surface area contributed by atoms with E-state index in [1.165, 1.54) is 12.0 Å². The highest BCUT2D eigenvalue weighted by molar-refractivity contribution is 7.80. The number of benzene rings is 1. The highest BCUT2D eigenvalue weighted by Gasteiger charge is 2.41. The van der Waals surface area contributed by atoms with Gasteiger partial charge in [0.15, 0.2) is 5.11 Å². The van der Waals surface area contributed by atoms with Crippen LogP contribution >= 0.6 is 12.2 Å². The molecule has 5 nitrogen and oxygen atoms in total. The van der Waals surface area contributed by atoms with Crippen molar-refractivity contribution < 1.29 is 31.8 Å². The maximum Gasteiger partial charge on any atom is 0.330 e. The van der Waals surface area contributed by atoms with Crippen LogP contribution in [-0.4, -0.2) is 48.5 Å². The lowest BCUT2D eigenvalue weighted by Gasteiger charge is -2.16. The van der Waals surface area contributed by atoms with Gasteiger partial charge in [0, 0.05) is 12.1 Å². The van der Waals surface area contributed by atoms with Gasteiger partial charge in [-0.25, -0.2) is 8.78 Å². The molecule has 0 aromatic heterocycles. The summed E-state index contributed by atoms with van der Waals surface area (Å²) in [5.41, 5.74) is 1.23. The van der Waals surface area contributed by atoms with E-state index in [0.29, 0.717) is 28.5 Å². The first kappa shape index (κ1) is 23.1. The number of amides is 1. The minimum absolute atomic E-state index is 0.256. The van der Waals surface area contributed by atoms with Crippen molar-refractivity contribution in [1.29, 1.82) is 0 Å². The third kappa shape index (κ3) is 5.89. The zero-order chi connectivity index (χ0) is 21.6. The smallest absolute Gasteiger partial charge is 0.330 e. The molecule has 0 bridgehead atoms. The lowest BCUT2D eigenvalue weighted by molar-refractivity contribution is -0.168. The van der Waals surface area contributed by atoms with Crippen molar-refractivity contribution >= 4 is 29.3 Å². The van der Waals surface area contributed by atoms with Crippen LogP contribution in [0, 0.1) is 0 Å². The van der Waals surface area contributed by atoms with Crippen LogP contribution in [0.5, 0.6) is 5.75 Å². The molecule has 0 aliphatic carbocycles. The molecule has 10 heteroatoms. The van der Waals surface area contributed by atoms with E-state index in [1.807, 2.05) is 6.92 Å². The Labute approximate surface area is 171 Å². The van der Waals surface area contributed by atoms with Crippen molar-refractivity contribution in [3.63, 3.8) is 0 Å². The molecule has 1 N–H and O–H groups in total. The van der Waals surface area contributed by atoms with Gasteiger partial charge in [0.1, 0.15) is 18.1 Å². The van der Waals surface area contributed by atoms with Crippen LogP contribution in [0.25, 0.3) is 6.08 Å². The van der Waals surface area contributed by atoms with Crippen molar-refractivity contribution in [2.75, 3.05) is 20.3 Å². The van der Waals surface area contributed by atoms with Crippen LogP contribution in [0.1, 0.15) is 30.9 Å². The van der Waals surface area contributed by atoms with Crippen molar-refractivity contribution in [2.45, 2.75) is 38.7 Å². The van der Waals surface area contributed by atoms with E-state index in [9.17, 15) is 22.4 Å². The molecule has 1 aliphatic heterocycles. The summed E-state index contributed by atoms with van der Waals surface area (Å²) in [5, 5.41) is 3.18. The van der Waals surface area contributed by atoms with E-state index in [4.69, 9.17) is 21.7 Å². The molecule has 1 aliphatic rings. The predicted molar refractivity (Wildman–Crippen MR) is 104 cm³/mol. The van der Waals surface area contributed by atoms with E-state index < -0.39 is 19.0 Å². The molecule has 1 heterocycles. The molecule has 1 aromatic carbocycles. The van der Waals surface area contributed by atoms with E-state index in [0.717, 1.165) is 12.8 Å². The second-order valence-electron chi connectivity index (χ2n) is 6.42. The molecule has 0 unspecified atom stereocenters. The largest absolute Gasteiger partial charge is 0.496 e. The quantitative estimate of drug-likeness (QED) is 0.343. The molecule has 2 rings (SSSR count). The highest BCUT2D eigenvalue weighted by atomic mass is 32.1. The second kappa shape index (κ2) is 10.0. The van der Waals surface area contributed by atoms with Gasteiger partial charge >= 0.3 is 12.3 Å². The normalized spacial score (nSPS) is 16.1. The number of ether oxygens (including phenoxy) is 2. The average Bonchev–Trinajstić information content (AvgIpc) is 2.93. The Kier molecular flexibility index (Phi) is 7.97. The topological polar surface area (TPSA) is 50.8 Å². The summed E-state index contributed by atoms with van der Waals surface area (Å²) in [6, 6.07) is 4.80. The van der Waals surface area contributed by atoms with E-state index in [1.54, 1.807) is 24.3 Å². The summed E-state index contributed by atoms with van der Waals surface area (Å²) in [7, 11) is 1.39. The van der Waals surface area contributed by atoms with Gasteiger partial charge < -0.3 is 14.8 Å². The molecular formula is C19H22F4N2O3S. The van der Waals surface area contributed by atoms with Gasteiger partial charge in [-0.2, -0.15) is 8.78 Å². The molecule has 160 valence electrons. The lowest BCUT2D eigenvalue weighted by Crippen LogP contribution is -2.32. The monoisotopic (exact) mass is 434 g/mol. The molecular weight excluding hydrogens is 412 g/mol. The zero-order valence-electron chi connectivity index (χ0n) is 16.0. The number of nitrogens with zero attached hydrogens (tertiary/aromatic N) is 1. The summed E-state index contributed by atoms with van der Waals surface area (Å²) in [4.78, 5) is 14.0. The van der Waals surface area contributed by atoms with Crippen LogP contribution in [0.3, 0.4) is 0 Å². The van der Waals surface area contributed by atoms with Crippen LogP contribution < -0.4 is 10.1 Å². The second-order valence-corrected chi connectivity index (χ2v) is 6.81. The van der Waals surface area contributed by atoms with E-state index in [-0.39, 0.29) is 18.2 Å². The summed E-state index contributed by atoms with van der Waals surface area (Å²) in [6.07, 6.45) is -0.511. The molecule has 1 aromatic rings. The molecule has 0 radical (unpaired) electrons. The summed E-state index contributed by atoms with van der Waals surface area (Å²) >= 11 is 5.18. The van der Waals surface area contributed by atoms with Gasteiger partial charge in [0.25, 0.3) is 5.91 Å². The van der Waals surface area contributed by atoms with Crippen LogP contribution in [-0.2, 0) is 16.1 Å². The van der Waals surface area contributed by atoms with Crippen LogP contribution in [0.15, 0.2) is 23.9 Å². The number of nitrogens with one attached hydrogen (secondary N) is 1. The Hall–Kier alpha value is -2.20. The highest BCUT2D eigenvalue weighted by Crippen LogP contribution is 2.26. The Balaban J connectivity index is 2.14. The number of rotatable bonds is 10. The number of carbonyl (C=O) groups excluding carboxylic acids is 1. The van der Waals surface area contributed by atoms with Crippen molar-refractivity contribution in [2.24, 2.45) is 0 Å². The SMILES string of the molecule is CCCCN1C(=O)/C(=C\c2ccc(OC)c(COCC(F)(F)C(F)F)c2)NC1=S. The third-order valence-electron chi connectivity index (χ3n) is 4.18. The number of halogens is 4. The first-order chi connectivity index (χ1) is 13.7. The minimum Gasteiger partial charge on any atom is -0.496 e.